The summed E-state index contributed by atoms with van der Waals surface area (Å²) in [5.74, 6) is 0. The van der Waals surface area contributed by atoms with Crippen LogP contribution in [-0.2, 0) is 0 Å². The summed E-state index contributed by atoms with van der Waals surface area (Å²) >= 11 is 0. The molecular weight excluding hydrogens is 142 g/mol. The lowest BCUT2D eigenvalue weighted by Crippen LogP contribution is -2.00. The molecule has 0 aliphatic heterocycles. The van der Waals surface area contributed by atoms with Gasteiger partial charge in [0.25, 0.3) is 5.56 Å². The van der Waals surface area contributed by atoms with Gasteiger partial charge in [0.1, 0.15) is 5.69 Å². The molecule has 11 heavy (non-hydrogen) atoms. The molecule has 2 N–H and O–H groups in total. The van der Waals surface area contributed by atoms with Crippen molar-refractivity contribution in [2.45, 2.75) is 34.6 Å². The molecule has 0 spiro atoms. The second-order valence-corrected chi connectivity index (χ2v) is 1.26. The van der Waals surface area contributed by atoms with Crippen molar-refractivity contribution >= 4 is 0 Å². The van der Waals surface area contributed by atoms with Gasteiger partial charge in [0.15, 0.2) is 0 Å². The first-order valence-electron chi connectivity index (χ1n) is 3.90. The number of hydrogen-bond acceptors (Lipinski definition) is 2. The molecule has 0 amide bonds. The summed E-state index contributed by atoms with van der Waals surface area (Å²) in [6.45, 7) is 9.63. The lowest BCUT2D eigenvalue weighted by Gasteiger charge is -1.62. The molecule has 0 unspecified atom stereocenters. The highest BCUT2D eigenvalue weighted by Crippen LogP contribution is 1.67. The molecule has 0 bridgehead atoms. The highest BCUT2D eigenvalue weighted by atomic mass is 16.1. The maximum absolute atomic E-state index is 10.3. The highest BCUT2D eigenvalue weighted by molar-refractivity contribution is 4.85. The van der Waals surface area contributed by atoms with E-state index >= 15 is 0 Å². The largest absolute Gasteiger partial charge is 0.286 e. The third-order valence-electron chi connectivity index (χ3n) is 0.722. The standard InChI is InChI=1S/C3H5N3O.2C2H6/c1-2-3(7)5-6-4-2;2*1-2/h1H3,(H2,4,5,6,7);2*1-2H3. The normalized spacial score (nSPS) is 7.00. The van der Waals surface area contributed by atoms with Crippen LogP contribution < -0.4 is 5.56 Å². The zero-order valence-electron chi connectivity index (χ0n) is 7.86. The molecule has 0 atom stereocenters. The number of rotatable bonds is 0. The summed E-state index contributed by atoms with van der Waals surface area (Å²) in [6.07, 6.45) is 0. The van der Waals surface area contributed by atoms with Crippen molar-refractivity contribution in [2.24, 2.45) is 0 Å². The first-order chi connectivity index (χ1) is 5.30. The Kier molecular flexibility index (Phi) is 10.2. The first-order valence-corrected chi connectivity index (χ1v) is 3.90. The van der Waals surface area contributed by atoms with E-state index in [9.17, 15) is 4.79 Å². The number of nitrogens with zero attached hydrogens (tertiary/aromatic N) is 1. The van der Waals surface area contributed by atoms with E-state index in [0.29, 0.717) is 5.69 Å². The topological polar surface area (TPSA) is 61.5 Å². The van der Waals surface area contributed by atoms with Crippen LogP contribution in [0.3, 0.4) is 0 Å². The van der Waals surface area contributed by atoms with Crippen LogP contribution in [0, 0.1) is 6.92 Å². The van der Waals surface area contributed by atoms with Crippen LogP contribution in [-0.4, -0.2) is 15.4 Å². The monoisotopic (exact) mass is 159 g/mol. The van der Waals surface area contributed by atoms with E-state index in [1.165, 1.54) is 0 Å². The van der Waals surface area contributed by atoms with Gasteiger partial charge in [-0.05, 0) is 6.92 Å². The molecular formula is C7H17N3O. The lowest BCUT2D eigenvalue weighted by atomic mass is 10.6. The smallest absolute Gasteiger partial charge is 0.266 e. The Labute approximate surface area is 67.0 Å². The minimum atomic E-state index is -0.153. The fraction of sp³-hybridized carbons (Fsp3) is 0.714. The molecule has 0 saturated heterocycles. The summed E-state index contributed by atoms with van der Waals surface area (Å²) in [6, 6.07) is 0. The summed E-state index contributed by atoms with van der Waals surface area (Å²) in [7, 11) is 0. The van der Waals surface area contributed by atoms with Gasteiger partial charge in [0, 0.05) is 0 Å². The summed E-state index contributed by atoms with van der Waals surface area (Å²) in [5.41, 5.74) is 0.319. The number of H-pyrrole nitrogens is 2. The number of aromatic amines is 2. The van der Waals surface area contributed by atoms with Crippen LogP contribution in [0.5, 0.6) is 0 Å². The number of aryl methyl sites for hydroxylation is 1. The molecule has 0 aliphatic rings. The minimum absolute atomic E-state index is 0.153. The van der Waals surface area contributed by atoms with E-state index in [1.807, 2.05) is 27.7 Å². The Balaban J connectivity index is 0. The first kappa shape index (κ1) is 12.6. The number of aromatic nitrogens is 3. The van der Waals surface area contributed by atoms with Crippen molar-refractivity contribution in [2.75, 3.05) is 0 Å². The van der Waals surface area contributed by atoms with Crippen molar-refractivity contribution in [3.8, 4) is 0 Å². The fourth-order valence-electron chi connectivity index (χ4n) is 0.304. The molecule has 1 aromatic rings. The van der Waals surface area contributed by atoms with Crippen molar-refractivity contribution in [1.82, 2.24) is 15.4 Å². The zero-order chi connectivity index (χ0) is 9.28. The van der Waals surface area contributed by atoms with Gasteiger partial charge < -0.3 is 0 Å². The third-order valence-corrected chi connectivity index (χ3v) is 0.722. The van der Waals surface area contributed by atoms with Gasteiger partial charge in [-0.25, -0.2) is 10.3 Å². The van der Waals surface area contributed by atoms with Gasteiger partial charge >= 0.3 is 0 Å². The van der Waals surface area contributed by atoms with Crippen LogP contribution in [0.4, 0.5) is 0 Å². The SMILES string of the molecule is CC.CC.Cc1n[nH][nH]c1=O. The van der Waals surface area contributed by atoms with Crippen molar-refractivity contribution < 1.29 is 0 Å². The average Bonchev–Trinajstić information content (AvgIpc) is 2.44. The molecule has 0 aromatic carbocycles. The Morgan fingerprint density at radius 2 is 1.64 bits per heavy atom. The van der Waals surface area contributed by atoms with E-state index in [0.717, 1.165) is 0 Å². The van der Waals surface area contributed by atoms with Gasteiger partial charge in [-0.3, -0.25) is 4.79 Å². The number of hydrogen-bond donors (Lipinski definition) is 2. The third kappa shape index (κ3) is 5.39. The Morgan fingerprint density at radius 3 is 1.73 bits per heavy atom. The average molecular weight is 159 g/mol. The second kappa shape index (κ2) is 8.94. The van der Waals surface area contributed by atoms with Crippen molar-refractivity contribution in [3.63, 3.8) is 0 Å². The molecule has 0 fully saturated rings. The zero-order valence-corrected chi connectivity index (χ0v) is 7.86. The quantitative estimate of drug-likeness (QED) is 0.602. The summed E-state index contributed by atoms with van der Waals surface area (Å²) in [4.78, 5) is 10.3. The van der Waals surface area contributed by atoms with Crippen LogP contribution >= 0.6 is 0 Å². The predicted octanol–water partition coefficient (Wildman–Crippen LogP) is 1.46. The van der Waals surface area contributed by atoms with Crippen LogP contribution in [0.1, 0.15) is 33.4 Å². The van der Waals surface area contributed by atoms with E-state index < -0.39 is 0 Å². The predicted molar refractivity (Wildman–Crippen MR) is 46.6 cm³/mol. The molecule has 0 saturated carbocycles. The molecule has 66 valence electrons. The van der Waals surface area contributed by atoms with Crippen LogP contribution in [0.2, 0.25) is 0 Å². The number of nitrogens with one attached hydrogen (secondary N) is 2. The van der Waals surface area contributed by atoms with E-state index in [4.69, 9.17) is 0 Å². The molecule has 1 heterocycles. The van der Waals surface area contributed by atoms with Crippen LogP contribution in [0.15, 0.2) is 4.79 Å². The lowest BCUT2D eigenvalue weighted by molar-refractivity contribution is 0.922. The Bertz CT molecular complexity index is 201. The highest BCUT2D eigenvalue weighted by Gasteiger charge is 1.87. The molecule has 1 rings (SSSR count). The molecule has 4 heteroatoms. The Morgan fingerprint density at radius 1 is 1.18 bits per heavy atom. The van der Waals surface area contributed by atoms with E-state index in [2.05, 4.69) is 15.4 Å². The molecule has 4 nitrogen and oxygen atoms in total. The molecule has 1 aromatic heterocycles. The van der Waals surface area contributed by atoms with E-state index in [-0.39, 0.29) is 5.56 Å². The van der Waals surface area contributed by atoms with Crippen molar-refractivity contribution in [1.29, 1.82) is 0 Å². The van der Waals surface area contributed by atoms with Crippen LogP contribution in [0.25, 0.3) is 0 Å². The van der Waals surface area contributed by atoms with Gasteiger partial charge in [-0.15, -0.1) is 0 Å². The summed E-state index contributed by atoms with van der Waals surface area (Å²) < 4.78 is 0. The maximum atomic E-state index is 10.3. The maximum Gasteiger partial charge on any atom is 0.286 e. The second-order valence-electron chi connectivity index (χ2n) is 1.26. The minimum Gasteiger partial charge on any atom is -0.266 e. The molecule has 0 aliphatic carbocycles. The fourth-order valence-corrected chi connectivity index (χ4v) is 0.304. The Hall–Kier alpha value is -1.06. The van der Waals surface area contributed by atoms with Gasteiger partial charge in [-0.1, -0.05) is 27.7 Å². The van der Waals surface area contributed by atoms with Gasteiger partial charge in [-0.2, -0.15) is 5.10 Å². The van der Waals surface area contributed by atoms with E-state index in [1.54, 1.807) is 6.92 Å². The van der Waals surface area contributed by atoms with Crippen molar-refractivity contribution in [3.05, 3.63) is 16.0 Å². The van der Waals surface area contributed by atoms with Gasteiger partial charge in [0.2, 0.25) is 0 Å². The summed E-state index contributed by atoms with van der Waals surface area (Å²) in [5, 5.41) is 8.11. The molecule has 0 radical (unpaired) electrons. The van der Waals surface area contributed by atoms with Gasteiger partial charge in [0.05, 0.1) is 0 Å².